The number of ether oxygens (including phenoxy) is 1. The van der Waals surface area contributed by atoms with Crippen molar-refractivity contribution < 1.29 is 17.9 Å². The standard InChI is InChI=1S/C36H45F3N6O/c1-24-14-28(16-31(15-24)36(37,38)39)22-45(35-40-18-32(19-41-35)43-10-12-46-13-11-43)23-30-17-29-5-3-4-25(2)33(29)42-34(30)44(20-26-6-7-26)21-27-8-9-27/h14-19,25-27H,3-13,20-23H2,1-2H3. The average molecular weight is 635 g/mol. The SMILES string of the molecule is Cc1cc(CN(Cc2cc3c(nc2N(CC2CC2)CC2CC2)C(C)CCC3)c2ncc(N3CCOCC3)cn2)cc(C(F)(F)F)c1. The first-order chi connectivity index (χ1) is 22.2. The maximum atomic E-state index is 13.9. The molecule has 1 atom stereocenters. The number of anilines is 3. The van der Waals surface area contributed by atoms with Crippen molar-refractivity contribution >= 4 is 17.5 Å². The van der Waals surface area contributed by atoms with Gasteiger partial charge in [0.1, 0.15) is 5.82 Å². The summed E-state index contributed by atoms with van der Waals surface area (Å²) in [6.07, 6.45) is 7.60. The van der Waals surface area contributed by atoms with Crippen molar-refractivity contribution in [2.75, 3.05) is 54.1 Å². The number of rotatable bonds is 11. The number of alkyl halides is 3. The van der Waals surface area contributed by atoms with E-state index in [0.717, 1.165) is 62.5 Å². The van der Waals surface area contributed by atoms with Gasteiger partial charge in [0.05, 0.1) is 36.9 Å². The smallest absolute Gasteiger partial charge is 0.378 e. The van der Waals surface area contributed by atoms with Crippen molar-refractivity contribution in [2.45, 2.75) is 84.0 Å². The summed E-state index contributed by atoms with van der Waals surface area (Å²) < 4.78 is 47.1. The van der Waals surface area contributed by atoms with Crippen LogP contribution in [0.25, 0.3) is 0 Å². The minimum Gasteiger partial charge on any atom is -0.378 e. The second-order valence-corrected chi connectivity index (χ2v) is 14.0. The molecule has 10 heteroatoms. The second kappa shape index (κ2) is 13.0. The fourth-order valence-electron chi connectivity index (χ4n) is 7.03. The van der Waals surface area contributed by atoms with Gasteiger partial charge in [-0.1, -0.05) is 18.6 Å². The summed E-state index contributed by atoms with van der Waals surface area (Å²) >= 11 is 0. The van der Waals surface area contributed by atoms with Gasteiger partial charge in [-0.15, -0.1) is 0 Å². The summed E-state index contributed by atoms with van der Waals surface area (Å²) in [5, 5.41) is 0. The first-order valence-electron chi connectivity index (χ1n) is 17.0. The zero-order valence-corrected chi connectivity index (χ0v) is 27.0. The van der Waals surface area contributed by atoms with Crippen LogP contribution in [0.4, 0.5) is 30.6 Å². The molecule has 7 nitrogen and oxygen atoms in total. The molecule has 0 spiro atoms. The third-order valence-electron chi connectivity index (χ3n) is 9.87. The van der Waals surface area contributed by atoms with Gasteiger partial charge in [0.2, 0.25) is 5.95 Å². The lowest BCUT2D eigenvalue weighted by Gasteiger charge is -2.32. The molecule has 4 aliphatic rings. The fourth-order valence-corrected chi connectivity index (χ4v) is 7.03. The van der Waals surface area contributed by atoms with E-state index in [-0.39, 0.29) is 6.54 Å². The van der Waals surface area contributed by atoms with E-state index < -0.39 is 11.7 Å². The number of hydrogen-bond donors (Lipinski definition) is 0. The summed E-state index contributed by atoms with van der Waals surface area (Å²) in [5.41, 5.74) is 5.09. The van der Waals surface area contributed by atoms with Crippen molar-refractivity contribution in [2.24, 2.45) is 11.8 Å². The van der Waals surface area contributed by atoms with Gasteiger partial charge in [0.15, 0.2) is 0 Å². The van der Waals surface area contributed by atoms with Crippen LogP contribution in [-0.2, 0) is 30.4 Å². The Hall–Kier alpha value is -3.40. The maximum absolute atomic E-state index is 13.9. The largest absolute Gasteiger partial charge is 0.416 e. The predicted octanol–water partition coefficient (Wildman–Crippen LogP) is 7.31. The van der Waals surface area contributed by atoms with E-state index in [0.29, 0.717) is 54.6 Å². The summed E-state index contributed by atoms with van der Waals surface area (Å²) in [5.74, 6) is 3.38. The molecule has 2 saturated carbocycles. The van der Waals surface area contributed by atoms with Crippen molar-refractivity contribution in [1.82, 2.24) is 15.0 Å². The lowest BCUT2D eigenvalue weighted by atomic mass is 9.87. The number of nitrogens with zero attached hydrogens (tertiary/aromatic N) is 6. The molecule has 3 aliphatic carbocycles. The van der Waals surface area contributed by atoms with Gasteiger partial charge < -0.3 is 19.4 Å². The average Bonchev–Trinajstić information content (AvgIpc) is 3.98. The molecule has 1 unspecified atom stereocenters. The monoisotopic (exact) mass is 634 g/mol. The highest BCUT2D eigenvalue weighted by atomic mass is 19.4. The molecule has 1 aliphatic heterocycles. The van der Waals surface area contributed by atoms with Crippen LogP contribution in [0.5, 0.6) is 0 Å². The molecular weight excluding hydrogens is 589 g/mol. The molecule has 0 bridgehead atoms. The van der Waals surface area contributed by atoms with Crippen LogP contribution in [0.3, 0.4) is 0 Å². The van der Waals surface area contributed by atoms with Gasteiger partial charge in [0, 0.05) is 50.5 Å². The molecule has 0 radical (unpaired) electrons. The highest BCUT2D eigenvalue weighted by Gasteiger charge is 2.34. The number of halogens is 3. The highest BCUT2D eigenvalue weighted by molar-refractivity contribution is 5.54. The van der Waals surface area contributed by atoms with Gasteiger partial charge in [0.25, 0.3) is 0 Å². The Bertz CT molecular complexity index is 1500. The normalized spacial score (nSPS) is 20.0. The number of aryl methyl sites for hydroxylation is 2. The lowest BCUT2D eigenvalue weighted by molar-refractivity contribution is -0.137. The number of fused-ring (bicyclic) bond motifs is 1. The van der Waals surface area contributed by atoms with E-state index in [2.05, 4.69) is 22.8 Å². The zero-order chi connectivity index (χ0) is 31.8. The topological polar surface area (TPSA) is 57.6 Å². The second-order valence-electron chi connectivity index (χ2n) is 14.0. The molecule has 0 amide bonds. The Kier molecular flexibility index (Phi) is 8.83. The molecule has 3 heterocycles. The van der Waals surface area contributed by atoms with Crippen molar-refractivity contribution in [3.05, 3.63) is 70.2 Å². The number of hydrogen-bond acceptors (Lipinski definition) is 7. The molecule has 2 aromatic heterocycles. The maximum Gasteiger partial charge on any atom is 0.416 e. The van der Waals surface area contributed by atoms with Gasteiger partial charge in [-0.25, -0.2) is 15.0 Å². The van der Waals surface area contributed by atoms with Crippen LogP contribution >= 0.6 is 0 Å². The Balaban J connectivity index is 1.27. The molecule has 7 rings (SSSR count). The van der Waals surface area contributed by atoms with E-state index in [1.165, 1.54) is 49.1 Å². The third-order valence-corrected chi connectivity index (χ3v) is 9.87. The fraction of sp³-hybridized carbons (Fsp3) is 0.583. The van der Waals surface area contributed by atoms with E-state index in [1.54, 1.807) is 6.92 Å². The van der Waals surface area contributed by atoms with Crippen LogP contribution in [-0.4, -0.2) is 54.3 Å². The van der Waals surface area contributed by atoms with Gasteiger partial charge in [-0.3, -0.25) is 0 Å². The molecule has 1 aromatic carbocycles. The van der Waals surface area contributed by atoms with Gasteiger partial charge >= 0.3 is 6.18 Å². The quantitative estimate of drug-likeness (QED) is 0.219. The molecule has 1 saturated heterocycles. The van der Waals surface area contributed by atoms with Gasteiger partial charge in [-0.05, 0) is 98.9 Å². The zero-order valence-electron chi connectivity index (χ0n) is 27.0. The Morgan fingerprint density at radius 2 is 1.59 bits per heavy atom. The summed E-state index contributed by atoms with van der Waals surface area (Å²) in [7, 11) is 0. The van der Waals surface area contributed by atoms with Gasteiger partial charge in [-0.2, -0.15) is 13.2 Å². The Morgan fingerprint density at radius 1 is 0.891 bits per heavy atom. The molecule has 3 fully saturated rings. The van der Waals surface area contributed by atoms with Crippen LogP contribution in [0, 0.1) is 18.8 Å². The number of pyridine rings is 1. The number of morpholine rings is 1. The van der Waals surface area contributed by atoms with Crippen molar-refractivity contribution in [3.63, 3.8) is 0 Å². The first kappa shape index (κ1) is 31.2. The third kappa shape index (κ3) is 7.42. The molecule has 0 N–H and O–H groups in total. The summed E-state index contributed by atoms with van der Waals surface area (Å²) in [4.78, 5) is 21.8. The summed E-state index contributed by atoms with van der Waals surface area (Å²) in [6, 6.07) is 6.65. The van der Waals surface area contributed by atoms with E-state index in [9.17, 15) is 13.2 Å². The summed E-state index contributed by atoms with van der Waals surface area (Å²) in [6.45, 7) is 9.61. The van der Waals surface area contributed by atoms with Crippen molar-refractivity contribution in [3.8, 4) is 0 Å². The molecule has 3 aromatic rings. The Morgan fingerprint density at radius 3 is 2.24 bits per heavy atom. The van der Waals surface area contributed by atoms with E-state index >= 15 is 0 Å². The van der Waals surface area contributed by atoms with Crippen molar-refractivity contribution in [1.29, 1.82) is 0 Å². The Labute approximate surface area is 270 Å². The highest BCUT2D eigenvalue weighted by Crippen LogP contribution is 2.39. The van der Waals surface area contributed by atoms with Crippen LogP contribution < -0.4 is 14.7 Å². The molecular formula is C36H45F3N6O. The van der Waals surface area contributed by atoms with E-state index in [1.807, 2.05) is 23.4 Å². The minimum absolute atomic E-state index is 0.250. The van der Waals surface area contributed by atoms with Crippen LogP contribution in [0.2, 0.25) is 0 Å². The van der Waals surface area contributed by atoms with Crippen LogP contribution in [0.1, 0.15) is 84.9 Å². The predicted molar refractivity (Wildman–Crippen MR) is 174 cm³/mol. The molecule has 46 heavy (non-hydrogen) atoms. The van der Waals surface area contributed by atoms with Crippen LogP contribution in [0.15, 0.2) is 36.7 Å². The minimum atomic E-state index is -4.42. The first-order valence-corrected chi connectivity index (χ1v) is 17.0. The number of benzene rings is 1. The molecule has 246 valence electrons. The van der Waals surface area contributed by atoms with E-state index in [4.69, 9.17) is 19.7 Å². The lowest BCUT2D eigenvalue weighted by Crippen LogP contribution is -2.36. The number of aromatic nitrogens is 3.